The zero-order valence-electron chi connectivity index (χ0n) is 18.3. The van der Waals surface area contributed by atoms with Gasteiger partial charge in [0, 0.05) is 23.2 Å². The molecular formula is C27H26N2O3. The third kappa shape index (κ3) is 4.89. The van der Waals surface area contributed by atoms with E-state index in [1.54, 1.807) is 30.2 Å². The summed E-state index contributed by atoms with van der Waals surface area (Å²) in [5.74, 6) is 0.487. The predicted octanol–water partition coefficient (Wildman–Crippen LogP) is 4.73. The van der Waals surface area contributed by atoms with Gasteiger partial charge in [0.25, 0.3) is 11.5 Å². The molecule has 4 rings (SSSR count). The number of aryl methyl sites for hydroxylation is 1. The van der Waals surface area contributed by atoms with Crippen LogP contribution in [0.25, 0.3) is 10.9 Å². The minimum Gasteiger partial charge on any atom is -0.497 e. The first-order valence-electron chi connectivity index (χ1n) is 10.6. The molecule has 3 aromatic carbocycles. The van der Waals surface area contributed by atoms with Gasteiger partial charge in [-0.05, 0) is 60.7 Å². The molecule has 0 bridgehead atoms. The Morgan fingerprint density at radius 3 is 2.56 bits per heavy atom. The van der Waals surface area contributed by atoms with Crippen molar-refractivity contribution in [2.45, 2.75) is 19.9 Å². The number of nitrogens with zero attached hydrogens (tertiary/aromatic N) is 1. The fraction of sp³-hybridized carbons (Fsp3) is 0.185. The molecule has 0 saturated carbocycles. The lowest BCUT2D eigenvalue weighted by atomic mass is 10.1. The van der Waals surface area contributed by atoms with Crippen molar-refractivity contribution in [2.75, 3.05) is 13.7 Å². The second kappa shape index (κ2) is 9.52. The molecule has 0 aliphatic carbocycles. The molecule has 0 saturated heterocycles. The summed E-state index contributed by atoms with van der Waals surface area (Å²) in [7, 11) is 1.58. The highest BCUT2D eigenvalue weighted by atomic mass is 16.5. The molecule has 0 aliphatic heterocycles. The maximum atomic E-state index is 13.4. The Kier molecular flexibility index (Phi) is 6.36. The summed E-state index contributed by atoms with van der Waals surface area (Å²) in [6, 6.07) is 24.9. The molecule has 0 aliphatic rings. The number of rotatable bonds is 7. The van der Waals surface area contributed by atoms with E-state index >= 15 is 0 Å². The number of carbonyl (C=O) groups excluding carboxylic acids is 1. The highest BCUT2D eigenvalue weighted by Crippen LogP contribution is 2.18. The number of ether oxygens (including phenoxy) is 1. The summed E-state index contributed by atoms with van der Waals surface area (Å²) in [6.45, 7) is 2.73. The van der Waals surface area contributed by atoms with E-state index in [1.165, 1.54) is 0 Å². The molecule has 162 valence electrons. The number of nitrogens with one attached hydrogen (secondary N) is 1. The summed E-state index contributed by atoms with van der Waals surface area (Å²) in [6.07, 6.45) is 0.696. The average Bonchev–Trinajstić information content (AvgIpc) is 2.82. The van der Waals surface area contributed by atoms with Crippen LogP contribution in [0.3, 0.4) is 0 Å². The van der Waals surface area contributed by atoms with Gasteiger partial charge in [-0.1, -0.05) is 48.0 Å². The SMILES string of the molecule is COc1cccc(C(=O)N(CCc2ccccc2)Cc2cc3cc(C)ccc3[nH]c2=O)c1. The summed E-state index contributed by atoms with van der Waals surface area (Å²) in [4.78, 5) is 30.9. The topological polar surface area (TPSA) is 62.4 Å². The number of hydrogen-bond donors (Lipinski definition) is 1. The van der Waals surface area contributed by atoms with Crippen molar-refractivity contribution in [3.8, 4) is 5.75 Å². The maximum Gasteiger partial charge on any atom is 0.254 e. The van der Waals surface area contributed by atoms with Crippen LogP contribution in [0.1, 0.15) is 27.0 Å². The van der Waals surface area contributed by atoms with Crippen molar-refractivity contribution in [3.63, 3.8) is 0 Å². The number of amides is 1. The molecule has 5 heteroatoms. The van der Waals surface area contributed by atoms with Crippen LogP contribution < -0.4 is 10.3 Å². The van der Waals surface area contributed by atoms with Gasteiger partial charge >= 0.3 is 0 Å². The fourth-order valence-corrected chi connectivity index (χ4v) is 3.79. The maximum absolute atomic E-state index is 13.4. The Labute approximate surface area is 187 Å². The quantitative estimate of drug-likeness (QED) is 0.465. The van der Waals surface area contributed by atoms with Crippen LogP contribution in [-0.4, -0.2) is 29.4 Å². The van der Waals surface area contributed by atoms with Crippen molar-refractivity contribution < 1.29 is 9.53 Å². The van der Waals surface area contributed by atoms with Crippen LogP contribution in [-0.2, 0) is 13.0 Å². The van der Waals surface area contributed by atoms with Gasteiger partial charge in [-0.25, -0.2) is 0 Å². The van der Waals surface area contributed by atoms with E-state index in [9.17, 15) is 9.59 Å². The van der Waals surface area contributed by atoms with Crippen molar-refractivity contribution in [2.24, 2.45) is 0 Å². The highest BCUT2D eigenvalue weighted by molar-refractivity contribution is 5.94. The minimum atomic E-state index is -0.176. The smallest absolute Gasteiger partial charge is 0.254 e. The highest BCUT2D eigenvalue weighted by Gasteiger charge is 2.18. The summed E-state index contributed by atoms with van der Waals surface area (Å²) in [5, 5.41) is 0.955. The van der Waals surface area contributed by atoms with Crippen LogP contribution in [0.15, 0.2) is 83.7 Å². The molecule has 0 radical (unpaired) electrons. The van der Waals surface area contributed by atoms with Crippen molar-refractivity contribution in [1.82, 2.24) is 9.88 Å². The van der Waals surface area contributed by atoms with Crippen LogP contribution in [0, 0.1) is 6.92 Å². The summed E-state index contributed by atoms with van der Waals surface area (Å²) >= 11 is 0. The van der Waals surface area contributed by atoms with Crippen molar-refractivity contribution >= 4 is 16.8 Å². The molecule has 5 nitrogen and oxygen atoms in total. The molecule has 1 aromatic heterocycles. The Morgan fingerprint density at radius 1 is 0.969 bits per heavy atom. The van der Waals surface area contributed by atoms with Crippen LogP contribution in [0.4, 0.5) is 0 Å². The van der Waals surface area contributed by atoms with Gasteiger partial charge in [-0.2, -0.15) is 0 Å². The average molecular weight is 427 g/mol. The number of hydrogen-bond acceptors (Lipinski definition) is 3. The molecule has 1 N–H and O–H groups in total. The van der Waals surface area contributed by atoms with Crippen molar-refractivity contribution in [3.05, 3.63) is 111 Å². The van der Waals surface area contributed by atoms with Gasteiger partial charge < -0.3 is 14.6 Å². The Morgan fingerprint density at radius 2 is 1.78 bits per heavy atom. The number of carbonyl (C=O) groups is 1. The van der Waals surface area contributed by atoms with Gasteiger partial charge in [-0.3, -0.25) is 9.59 Å². The van der Waals surface area contributed by atoms with Crippen molar-refractivity contribution in [1.29, 1.82) is 0 Å². The van der Waals surface area contributed by atoms with Gasteiger partial charge in [0.15, 0.2) is 0 Å². The largest absolute Gasteiger partial charge is 0.497 e. The number of fused-ring (bicyclic) bond motifs is 1. The summed E-state index contributed by atoms with van der Waals surface area (Å²) in [5.41, 5.74) is 3.96. The molecular weight excluding hydrogens is 400 g/mol. The first-order valence-corrected chi connectivity index (χ1v) is 10.6. The lowest BCUT2D eigenvalue weighted by Crippen LogP contribution is -2.34. The molecule has 0 fully saturated rings. The fourth-order valence-electron chi connectivity index (χ4n) is 3.79. The Hall–Kier alpha value is -3.86. The zero-order chi connectivity index (χ0) is 22.5. The molecule has 4 aromatic rings. The first kappa shape index (κ1) is 21.4. The van der Waals surface area contributed by atoms with E-state index < -0.39 is 0 Å². The van der Waals surface area contributed by atoms with Gasteiger partial charge in [0.05, 0.1) is 13.7 Å². The Bertz CT molecular complexity index is 1300. The molecule has 1 heterocycles. The van der Waals surface area contributed by atoms with E-state index in [2.05, 4.69) is 4.98 Å². The second-order valence-electron chi connectivity index (χ2n) is 7.91. The minimum absolute atomic E-state index is 0.136. The molecule has 32 heavy (non-hydrogen) atoms. The zero-order valence-corrected chi connectivity index (χ0v) is 18.3. The molecule has 1 amide bonds. The monoisotopic (exact) mass is 426 g/mol. The molecule has 0 atom stereocenters. The number of benzene rings is 3. The number of pyridine rings is 1. The first-order chi connectivity index (χ1) is 15.5. The number of aromatic nitrogens is 1. The van der Waals surface area contributed by atoms with E-state index in [0.29, 0.717) is 29.8 Å². The molecule has 0 spiro atoms. The van der Waals surface area contributed by atoms with E-state index in [4.69, 9.17) is 4.74 Å². The third-order valence-corrected chi connectivity index (χ3v) is 5.55. The van der Waals surface area contributed by atoms with Gasteiger partial charge in [0.1, 0.15) is 5.75 Å². The second-order valence-corrected chi connectivity index (χ2v) is 7.91. The van der Waals surface area contributed by atoms with Crippen LogP contribution in [0.2, 0.25) is 0 Å². The number of methoxy groups -OCH3 is 1. The number of H-pyrrole nitrogens is 1. The third-order valence-electron chi connectivity index (χ3n) is 5.55. The Balaban J connectivity index is 1.66. The lowest BCUT2D eigenvalue weighted by molar-refractivity contribution is 0.0744. The predicted molar refractivity (Wildman–Crippen MR) is 127 cm³/mol. The number of aromatic amines is 1. The van der Waals surface area contributed by atoms with E-state index in [0.717, 1.165) is 22.0 Å². The normalized spacial score (nSPS) is 10.8. The summed E-state index contributed by atoms with van der Waals surface area (Å²) < 4.78 is 5.29. The van der Waals surface area contributed by atoms with Gasteiger partial charge in [-0.15, -0.1) is 0 Å². The molecule has 0 unspecified atom stereocenters. The lowest BCUT2D eigenvalue weighted by Gasteiger charge is -2.23. The van der Waals surface area contributed by atoms with Crippen LogP contribution >= 0.6 is 0 Å². The van der Waals surface area contributed by atoms with Crippen LogP contribution in [0.5, 0.6) is 5.75 Å². The van der Waals surface area contributed by atoms with E-state index in [1.807, 2.05) is 67.6 Å². The standard InChI is InChI=1S/C27H26N2O3/c1-19-11-12-25-22(15-19)16-23(26(30)28-25)18-29(14-13-20-7-4-3-5-8-20)27(31)21-9-6-10-24(17-21)32-2/h3-12,15-17H,13-14,18H2,1-2H3,(H,28,30). The van der Waals surface area contributed by atoms with Gasteiger partial charge in [0.2, 0.25) is 0 Å². The van der Waals surface area contributed by atoms with E-state index in [-0.39, 0.29) is 18.0 Å².